The van der Waals surface area contributed by atoms with Crippen molar-refractivity contribution in [3.63, 3.8) is 0 Å². The van der Waals surface area contributed by atoms with Gasteiger partial charge in [0.2, 0.25) is 0 Å². The second-order valence-corrected chi connectivity index (χ2v) is 5.45. The van der Waals surface area contributed by atoms with Gasteiger partial charge in [0.15, 0.2) is 0 Å². The van der Waals surface area contributed by atoms with E-state index in [1.165, 1.54) is 0 Å². The molecule has 0 saturated heterocycles. The first-order valence-electron chi connectivity index (χ1n) is 5.84. The Bertz CT molecular complexity index is 513. The molecular formula is C14H15ClN2S. The second-order valence-electron chi connectivity index (χ2n) is 3.98. The molecule has 0 spiro atoms. The SMILES string of the molecule is CC[C@H](N)c1ccc(Sc2ncccc2Cl)cc1. The first-order chi connectivity index (χ1) is 8.70. The van der Waals surface area contributed by atoms with E-state index < -0.39 is 0 Å². The van der Waals surface area contributed by atoms with Crippen LogP contribution in [0.3, 0.4) is 0 Å². The lowest BCUT2D eigenvalue weighted by molar-refractivity contribution is 0.698. The standard InChI is InChI=1S/C14H15ClN2S/c1-2-13(16)10-5-7-11(8-6-10)18-14-12(15)4-3-9-17-14/h3-9,13H,2,16H2,1H3/t13-/m0/s1. The normalized spacial score (nSPS) is 12.4. The molecule has 1 heterocycles. The number of pyridine rings is 1. The largest absolute Gasteiger partial charge is 0.324 e. The van der Waals surface area contributed by atoms with Crippen molar-refractivity contribution in [2.75, 3.05) is 0 Å². The highest BCUT2D eigenvalue weighted by Crippen LogP contribution is 2.31. The van der Waals surface area contributed by atoms with Crippen LogP contribution in [0.5, 0.6) is 0 Å². The third-order valence-corrected chi connectivity index (χ3v) is 4.13. The zero-order valence-corrected chi connectivity index (χ0v) is 11.7. The van der Waals surface area contributed by atoms with E-state index in [1.54, 1.807) is 18.0 Å². The van der Waals surface area contributed by atoms with Gasteiger partial charge >= 0.3 is 0 Å². The number of hydrogen-bond donors (Lipinski definition) is 1. The monoisotopic (exact) mass is 278 g/mol. The maximum atomic E-state index is 6.07. The molecule has 0 amide bonds. The van der Waals surface area contributed by atoms with E-state index in [4.69, 9.17) is 17.3 Å². The third kappa shape index (κ3) is 3.25. The molecule has 2 rings (SSSR count). The lowest BCUT2D eigenvalue weighted by Gasteiger charge is -2.09. The van der Waals surface area contributed by atoms with E-state index in [1.807, 2.05) is 12.1 Å². The van der Waals surface area contributed by atoms with Crippen molar-refractivity contribution < 1.29 is 0 Å². The number of rotatable bonds is 4. The van der Waals surface area contributed by atoms with Crippen LogP contribution in [0, 0.1) is 0 Å². The molecular weight excluding hydrogens is 264 g/mol. The van der Waals surface area contributed by atoms with E-state index >= 15 is 0 Å². The maximum Gasteiger partial charge on any atom is 0.119 e. The van der Waals surface area contributed by atoms with E-state index in [2.05, 4.69) is 36.2 Å². The van der Waals surface area contributed by atoms with E-state index in [0.717, 1.165) is 21.9 Å². The first-order valence-corrected chi connectivity index (χ1v) is 7.04. The quantitative estimate of drug-likeness (QED) is 0.906. The molecule has 0 radical (unpaired) electrons. The summed E-state index contributed by atoms with van der Waals surface area (Å²) in [6.07, 6.45) is 2.69. The first kappa shape index (κ1) is 13.4. The van der Waals surface area contributed by atoms with Crippen LogP contribution in [0.15, 0.2) is 52.5 Å². The molecule has 1 atom stereocenters. The van der Waals surface area contributed by atoms with Crippen molar-refractivity contribution in [1.82, 2.24) is 4.98 Å². The number of benzene rings is 1. The van der Waals surface area contributed by atoms with E-state index in [9.17, 15) is 0 Å². The molecule has 0 aliphatic carbocycles. The smallest absolute Gasteiger partial charge is 0.119 e. The summed E-state index contributed by atoms with van der Waals surface area (Å²) < 4.78 is 0. The van der Waals surface area contributed by atoms with Crippen molar-refractivity contribution >= 4 is 23.4 Å². The summed E-state index contributed by atoms with van der Waals surface area (Å²) >= 11 is 7.63. The molecule has 0 saturated carbocycles. The molecule has 0 bridgehead atoms. The Morgan fingerprint density at radius 2 is 2.00 bits per heavy atom. The highest BCUT2D eigenvalue weighted by atomic mass is 35.5. The lowest BCUT2D eigenvalue weighted by Crippen LogP contribution is -2.07. The number of aromatic nitrogens is 1. The molecule has 4 heteroatoms. The fourth-order valence-electron chi connectivity index (χ4n) is 1.58. The fraction of sp³-hybridized carbons (Fsp3) is 0.214. The Hall–Kier alpha value is -1.03. The summed E-state index contributed by atoms with van der Waals surface area (Å²) in [4.78, 5) is 5.37. The minimum absolute atomic E-state index is 0.113. The van der Waals surface area contributed by atoms with Crippen LogP contribution >= 0.6 is 23.4 Å². The van der Waals surface area contributed by atoms with Crippen LogP contribution in [-0.4, -0.2) is 4.98 Å². The summed E-state index contributed by atoms with van der Waals surface area (Å²) in [6, 6.07) is 12.0. The van der Waals surface area contributed by atoms with Gasteiger partial charge in [-0.05, 0) is 36.2 Å². The minimum atomic E-state index is 0.113. The summed E-state index contributed by atoms with van der Waals surface area (Å²) in [5.74, 6) is 0. The number of nitrogens with two attached hydrogens (primary N) is 1. The van der Waals surface area contributed by atoms with Crippen molar-refractivity contribution in [3.8, 4) is 0 Å². The van der Waals surface area contributed by atoms with Crippen molar-refractivity contribution in [2.24, 2.45) is 5.73 Å². The fourth-order valence-corrected chi connectivity index (χ4v) is 2.59. The Morgan fingerprint density at radius 1 is 1.28 bits per heavy atom. The minimum Gasteiger partial charge on any atom is -0.324 e. The molecule has 2 aromatic rings. The Labute approximate surface area is 117 Å². The molecule has 0 fully saturated rings. The van der Waals surface area contributed by atoms with E-state index in [-0.39, 0.29) is 6.04 Å². The molecule has 1 aromatic heterocycles. The number of hydrogen-bond acceptors (Lipinski definition) is 3. The summed E-state index contributed by atoms with van der Waals surface area (Å²) in [5, 5.41) is 1.50. The average Bonchev–Trinajstić information content (AvgIpc) is 2.41. The van der Waals surface area contributed by atoms with Gasteiger partial charge in [0.1, 0.15) is 5.03 Å². The molecule has 0 unspecified atom stereocenters. The van der Waals surface area contributed by atoms with Crippen LogP contribution in [0.1, 0.15) is 24.9 Å². The van der Waals surface area contributed by atoms with Gasteiger partial charge in [-0.25, -0.2) is 4.98 Å². The summed E-state index contributed by atoms with van der Waals surface area (Å²) in [6.45, 7) is 2.08. The Kier molecular flexibility index (Phi) is 4.64. The number of nitrogens with zero attached hydrogens (tertiary/aromatic N) is 1. The molecule has 0 aliphatic heterocycles. The molecule has 0 aliphatic rings. The molecule has 2 nitrogen and oxygen atoms in total. The Balaban J connectivity index is 2.14. The topological polar surface area (TPSA) is 38.9 Å². The summed E-state index contributed by atoms with van der Waals surface area (Å²) in [5.41, 5.74) is 7.14. The van der Waals surface area contributed by atoms with E-state index in [0.29, 0.717) is 5.02 Å². The van der Waals surface area contributed by atoms with Gasteiger partial charge in [-0.2, -0.15) is 0 Å². The highest BCUT2D eigenvalue weighted by molar-refractivity contribution is 7.99. The van der Waals surface area contributed by atoms with Gasteiger partial charge in [0.25, 0.3) is 0 Å². The van der Waals surface area contributed by atoms with Crippen molar-refractivity contribution in [3.05, 3.63) is 53.2 Å². The van der Waals surface area contributed by atoms with Crippen molar-refractivity contribution in [2.45, 2.75) is 29.3 Å². The van der Waals surface area contributed by atoms with Crippen LogP contribution in [0.25, 0.3) is 0 Å². The van der Waals surface area contributed by atoms with Gasteiger partial charge in [0.05, 0.1) is 5.02 Å². The van der Waals surface area contributed by atoms with Gasteiger partial charge < -0.3 is 5.73 Å². The van der Waals surface area contributed by atoms with Gasteiger partial charge in [0, 0.05) is 17.1 Å². The number of halogens is 1. The highest BCUT2D eigenvalue weighted by Gasteiger charge is 2.05. The molecule has 2 N–H and O–H groups in total. The van der Waals surface area contributed by atoms with Crippen molar-refractivity contribution in [1.29, 1.82) is 0 Å². The summed E-state index contributed by atoms with van der Waals surface area (Å²) in [7, 11) is 0. The van der Waals surface area contributed by atoms with Gasteiger partial charge in [-0.1, -0.05) is 42.4 Å². The average molecular weight is 279 g/mol. The third-order valence-electron chi connectivity index (χ3n) is 2.69. The van der Waals surface area contributed by atoms with Gasteiger partial charge in [-0.3, -0.25) is 0 Å². The maximum absolute atomic E-state index is 6.07. The van der Waals surface area contributed by atoms with Crippen LogP contribution in [0.4, 0.5) is 0 Å². The zero-order valence-electron chi connectivity index (χ0n) is 10.1. The van der Waals surface area contributed by atoms with Gasteiger partial charge in [-0.15, -0.1) is 0 Å². The predicted molar refractivity (Wildman–Crippen MR) is 77.0 cm³/mol. The Morgan fingerprint density at radius 3 is 2.61 bits per heavy atom. The zero-order chi connectivity index (χ0) is 13.0. The molecule has 18 heavy (non-hydrogen) atoms. The molecule has 1 aromatic carbocycles. The van der Waals surface area contributed by atoms with Crippen LogP contribution in [-0.2, 0) is 0 Å². The lowest BCUT2D eigenvalue weighted by atomic mass is 10.1. The predicted octanol–water partition coefficient (Wildman–Crippen LogP) is 4.30. The van der Waals surface area contributed by atoms with Crippen LogP contribution in [0.2, 0.25) is 5.02 Å². The molecule has 94 valence electrons. The second kappa shape index (κ2) is 6.23. The van der Waals surface area contributed by atoms with Crippen LogP contribution < -0.4 is 5.73 Å².